The van der Waals surface area contributed by atoms with Gasteiger partial charge in [-0.05, 0) is 12.8 Å². The molecule has 0 aromatic heterocycles. The molecule has 0 amide bonds. The standard InChI is InChI=1S/C5H11NO2S/c1-2-6-9(7,8)5-3-4-5/h5-6H,2-4H2,1H3. The first-order valence-corrected chi connectivity index (χ1v) is 4.70. The lowest BCUT2D eigenvalue weighted by atomic mass is 10.8. The molecule has 1 rings (SSSR count). The van der Waals surface area contributed by atoms with Gasteiger partial charge in [0.1, 0.15) is 0 Å². The molecule has 0 spiro atoms. The molecule has 0 aromatic rings. The van der Waals surface area contributed by atoms with Crippen LogP contribution in [0.15, 0.2) is 0 Å². The Kier molecular flexibility index (Phi) is 1.77. The van der Waals surface area contributed by atoms with Gasteiger partial charge in [0.15, 0.2) is 0 Å². The fraction of sp³-hybridized carbons (Fsp3) is 1.00. The second kappa shape index (κ2) is 2.27. The molecular weight excluding hydrogens is 138 g/mol. The van der Waals surface area contributed by atoms with Crippen LogP contribution in [0.25, 0.3) is 0 Å². The smallest absolute Gasteiger partial charge is 0.214 e. The van der Waals surface area contributed by atoms with Crippen molar-refractivity contribution in [3.05, 3.63) is 0 Å². The summed E-state index contributed by atoms with van der Waals surface area (Å²) in [4.78, 5) is 0. The maximum Gasteiger partial charge on any atom is 0.214 e. The van der Waals surface area contributed by atoms with Crippen LogP contribution in [-0.4, -0.2) is 20.2 Å². The predicted molar refractivity (Wildman–Crippen MR) is 35.6 cm³/mol. The molecule has 0 atom stereocenters. The van der Waals surface area contributed by atoms with Gasteiger partial charge in [-0.2, -0.15) is 0 Å². The van der Waals surface area contributed by atoms with Crippen LogP contribution in [0.1, 0.15) is 19.8 Å². The van der Waals surface area contributed by atoms with Crippen molar-refractivity contribution >= 4 is 10.0 Å². The van der Waals surface area contributed by atoms with E-state index in [1.54, 1.807) is 6.92 Å². The third-order valence-corrected chi connectivity index (χ3v) is 3.35. The SMILES string of the molecule is CCNS(=O)(=O)C1CC1. The molecule has 4 heteroatoms. The van der Waals surface area contributed by atoms with Crippen molar-refractivity contribution in [2.75, 3.05) is 6.54 Å². The van der Waals surface area contributed by atoms with Gasteiger partial charge in [-0.1, -0.05) is 6.92 Å². The van der Waals surface area contributed by atoms with Crippen LogP contribution >= 0.6 is 0 Å². The quantitative estimate of drug-likeness (QED) is 0.618. The molecule has 0 bridgehead atoms. The Morgan fingerprint density at radius 1 is 1.56 bits per heavy atom. The first-order valence-electron chi connectivity index (χ1n) is 3.15. The van der Waals surface area contributed by atoms with Gasteiger partial charge in [0.25, 0.3) is 0 Å². The number of rotatable bonds is 3. The summed E-state index contributed by atoms with van der Waals surface area (Å²) in [6.45, 7) is 2.30. The van der Waals surface area contributed by atoms with E-state index in [2.05, 4.69) is 4.72 Å². The zero-order valence-electron chi connectivity index (χ0n) is 5.42. The maximum absolute atomic E-state index is 10.9. The zero-order chi connectivity index (χ0) is 6.91. The Hall–Kier alpha value is -0.0900. The van der Waals surface area contributed by atoms with Crippen molar-refractivity contribution in [3.8, 4) is 0 Å². The molecule has 0 aromatic carbocycles. The third-order valence-electron chi connectivity index (χ3n) is 1.31. The molecule has 1 N–H and O–H groups in total. The first kappa shape index (κ1) is 7.02. The van der Waals surface area contributed by atoms with Crippen LogP contribution in [0.2, 0.25) is 0 Å². The summed E-state index contributed by atoms with van der Waals surface area (Å²) in [6.07, 6.45) is 1.69. The van der Waals surface area contributed by atoms with Gasteiger partial charge in [0, 0.05) is 6.54 Å². The molecule has 54 valence electrons. The predicted octanol–water partition coefficient (Wildman–Crippen LogP) is 0.0881. The minimum atomic E-state index is -2.89. The molecule has 1 saturated carbocycles. The normalized spacial score (nSPS) is 20.1. The summed E-state index contributed by atoms with van der Waals surface area (Å²) in [5.74, 6) is 0. The van der Waals surface area contributed by atoms with Gasteiger partial charge in [-0.15, -0.1) is 0 Å². The van der Waals surface area contributed by atoms with Crippen LogP contribution in [0, 0.1) is 0 Å². The van der Waals surface area contributed by atoms with E-state index < -0.39 is 10.0 Å². The Labute approximate surface area is 55.5 Å². The lowest BCUT2D eigenvalue weighted by Crippen LogP contribution is -2.26. The van der Waals surface area contributed by atoms with Gasteiger partial charge in [0.05, 0.1) is 5.25 Å². The first-order chi connectivity index (χ1) is 4.17. The molecule has 0 aliphatic heterocycles. The Morgan fingerprint density at radius 2 is 2.11 bits per heavy atom. The van der Waals surface area contributed by atoms with Crippen molar-refractivity contribution in [3.63, 3.8) is 0 Å². The van der Waals surface area contributed by atoms with Crippen molar-refractivity contribution in [1.29, 1.82) is 0 Å². The fourth-order valence-electron chi connectivity index (χ4n) is 0.697. The highest BCUT2D eigenvalue weighted by Gasteiger charge is 2.34. The van der Waals surface area contributed by atoms with Crippen LogP contribution in [-0.2, 0) is 10.0 Å². The van der Waals surface area contributed by atoms with E-state index in [0.717, 1.165) is 12.8 Å². The molecule has 1 aliphatic carbocycles. The molecule has 0 saturated heterocycles. The Balaban J connectivity index is 2.51. The highest BCUT2D eigenvalue weighted by Crippen LogP contribution is 2.26. The third kappa shape index (κ3) is 1.66. The lowest BCUT2D eigenvalue weighted by Gasteiger charge is -1.98. The summed E-state index contributed by atoms with van der Waals surface area (Å²) in [7, 11) is -2.89. The van der Waals surface area contributed by atoms with E-state index in [1.165, 1.54) is 0 Å². The average molecular weight is 149 g/mol. The second-order valence-corrected chi connectivity index (χ2v) is 4.29. The summed E-state index contributed by atoms with van der Waals surface area (Å²) in [6, 6.07) is 0. The number of nitrogens with one attached hydrogen (secondary N) is 1. The number of hydrogen-bond acceptors (Lipinski definition) is 2. The molecule has 9 heavy (non-hydrogen) atoms. The lowest BCUT2D eigenvalue weighted by molar-refractivity contribution is 0.582. The van der Waals surface area contributed by atoms with E-state index in [1.807, 2.05) is 0 Å². The van der Waals surface area contributed by atoms with Crippen molar-refractivity contribution in [2.24, 2.45) is 0 Å². The van der Waals surface area contributed by atoms with Crippen LogP contribution in [0.3, 0.4) is 0 Å². The molecular formula is C5H11NO2S. The minimum absolute atomic E-state index is 0.0718. The van der Waals surface area contributed by atoms with Crippen LogP contribution in [0.4, 0.5) is 0 Å². The van der Waals surface area contributed by atoms with Gasteiger partial charge in [-0.25, -0.2) is 13.1 Å². The fourth-order valence-corrected chi connectivity index (χ4v) is 2.09. The van der Waals surface area contributed by atoms with Gasteiger partial charge in [-0.3, -0.25) is 0 Å². The molecule has 3 nitrogen and oxygen atoms in total. The molecule has 0 unspecified atom stereocenters. The summed E-state index contributed by atoms with van der Waals surface area (Å²) in [5.41, 5.74) is 0. The Bertz CT molecular complexity index is 181. The maximum atomic E-state index is 10.9. The van der Waals surface area contributed by atoms with E-state index in [4.69, 9.17) is 0 Å². The van der Waals surface area contributed by atoms with Gasteiger partial charge in [0.2, 0.25) is 10.0 Å². The molecule has 1 fully saturated rings. The van der Waals surface area contributed by atoms with E-state index >= 15 is 0 Å². The Morgan fingerprint density at radius 3 is 2.44 bits per heavy atom. The summed E-state index contributed by atoms with van der Waals surface area (Å²) in [5, 5.41) is -0.0718. The van der Waals surface area contributed by atoms with Crippen molar-refractivity contribution in [1.82, 2.24) is 4.72 Å². The molecule has 0 heterocycles. The largest absolute Gasteiger partial charge is 0.215 e. The van der Waals surface area contributed by atoms with Crippen LogP contribution < -0.4 is 4.72 Å². The monoisotopic (exact) mass is 149 g/mol. The topological polar surface area (TPSA) is 46.2 Å². The number of sulfonamides is 1. The van der Waals surface area contributed by atoms with Crippen molar-refractivity contribution < 1.29 is 8.42 Å². The highest BCUT2D eigenvalue weighted by molar-refractivity contribution is 7.90. The van der Waals surface area contributed by atoms with E-state index in [-0.39, 0.29) is 5.25 Å². The minimum Gasteiger partial charge on any atom is -0.215 e. The molecule has 0 radical (unpaired) electrons. The second-order valence-electron chi connectivity index (χ2n) is 2.24. The number of hydrogen-bond donors (Lipinski definition) is 1. The highest BCUT2D eigenvalue weighted by atomic mass is 32.2. The summed E-state index contributed by atoms with van der Waals surface area (Å²) < 4.78 is 24.2. The van der Waals surface area contributed by atoms with Gasteiger partial charge >= 0.3 is 0 Å². The van der Waals surface area contributed by atoms with E-state index in [0.29, 0.717) is 6.54 Å². The summed E-state index contributed by atoms with van der Waals surface area (Å²) >= 11 is 0. The van der Waals surface area contributed by atoms with E-state index in [9.17, 15) is 8.42 Å². The average Bonchev–Trinajstić information content (AvgIpc) is 2.41. The van der Waals surface area contributed by atoms with Gasteiger partial charge < -0.3 is 0 Å². The molecule has 1 aliphatic rings. The van der Waals surface area contributed by atoms with Crippen LogP contribution in [0.5, 0.6) is 0 Å². The zero-order valence-corrected chi connectivity index (χ0v) is 6.24. The van der Waals surface area contributed by atoms with Crippen molar-refractivity contribution in [2.45, 2.75) is 25.0 Å².